The van der Waals surface area contributed by atoms with E-state index in [1.807, 2.05) is 0 Å². The number of nitrogens with two attached hydrogens (primary N) is 1. The number of hydrogen-bond acceptors (Lipinski definition) is 3. The molecule has 2 rings (SSSR count). The number of piperidine rings is 1. The van der Waals surface area contributed by atoms with Crippen LogP contribution in [0.4, 0.5) is 5.69 Å². The number of anilines is 1. The van der Waals surface area contributed by atoms with Crippen LogP contribution < -0.4 is 5.73 Å². The summed E-state index contributed by atoms with van der Waals surface area (Å²) in [7, 11) is -3.42. The van der Waals surface area contributed by atoms with E-state index in [4.69, 9.17) is 5.73 Å². The molecule has 1 saturated heterocycles. The average Bonchev–Trinajstić information content (AvgIpc) is 2.29. The van der Waals surface area contributed by atoms with Gasteiger partial charge < -0.3 is 5.73 Å². The third-order valence-corrected chi connectivity index (χ3v) is 5.27. The zero-order valence-electron chi connectivity index (χ0n) is 10.0. The largest absolute Gasteiger partial charge is 0.398 e. The molecule has 0 radical (unpaired) electrons. The van der Waals surface area contributed by atoms with E-state index in [1.54, 1.807) is 29.4 Å². The van der Waals surface area contributed by atoms with E-state index in [0.717, 1.165) is 24.8 Å². The van der Waals surface area contributed by atoms with Crippen LogP contribution >= 0.6 is 0 Å². The van der Waals surface area contributed by atoms with Gasteiger partial charge in [-0.2, -0.15) is 4.31 Å². The average molecular weight is 254 g/mol. The van der Waals surface area contributed by atoms with Crippen molar-refractivity contribution in [1.29, 1.82) is 0 Å². The molecule has 94 valence electrons. The first kappa shape index (κ1) is 12.4. The predicted molar refractivity (Wildman–Crippen MR) is 68.2 cm³/mol. The lowest BCUT2D eigenvalue weighted by Crippen LogP contribution is -2.36. The van der Waals surface area contributed by atoms with E-state index in [-0.39, 0.29) is 4.90 Å². The highest BCUT2D eigenvalue weighted by Gasteiger charge is 2.28. The maximum atomic E-state index is 12.5. The Morgan fingerprint density at radius 3 is 2.41 bits per heavy atom. The Morgan fingerprint density at radius 2 is 1.82 bits per heavy atom. The Kier molecular flexibility index (Phi) is 3.40. The first-order valence-electron chi connectivity index (χ1n) is 5.89. The second kappa shape index (κ2) is 4.66. The van der Waals surface area contributed by atoms with Gasteiger partial charge in [0.25, 0.3) is 0 Å². The van der Waals surface area contributed by atoms with Crippen LogP contribution in [0.2, 0.25) is 0 Å². The fourth-order valence-electron chi connectivity index (χ4n) is 2.26. The molecular formula is C12H18N2O2S. The lowest BCUT2D eigenvalue weighted by molar-refractivity contribution is 0.346. The van der Waals surface area contributed by atoms with E-state index >= 15 is 0 Å². The number of rotatable bonds is 2. The van der Waals surface area contributed by atoms with Gasteiger partial charge in [-0.1, -0.05) is 18.6 Å². The summed E-state index contributed by atoms with van der Waals surface area (Å²) < 4.78 is 26.5. The Balaban J connectivity index is 2.44. The lowest BCUT2D eigenvalue weighted by Gasteiger charge is -2.27. The van der Waals surface area contributed by atoms with Gasteiger partial charge in [-0.25, -0.2) is 8.42 Å². The number of benzene rings is 1. The first-order chi connectivity index (χ1) is 8.03. The highest BCUT2D eigenvalue weighted by atomic mass is 32.2. The van der Waals surface area contributed by atoms with Gasteiger partial charge in [0.15, 0.2) is 0 Å². The zero-order chi connectivity index (χ0) is 12.5. The molecule has 2 N–H and O–H groups in total. The van der Waals surface area contributed by atoms with Crippen molar-refractivity contribution >= 4 is 15.7 Å². The van der Waals surface area contributed by atoms with E-state index < -0.39 is 10.0 Å². The zero-order valence-corrected chi connectivity index (χ0v) is 10.8. The number of nitrogens with zero attached hydrogens (tertiary/aromatic N) is 1. The SMILES string of the molecule is Cc1cccc(N)c1S(=O)(=O)N1CCCCC1. The van der Waals surface area contributed by atoms with Crippen molar-refractivity contribution < 1.29 is 8.42 Å². The van der Waals surface area contributed by atoms with E-state index in [1.165, 1.54) is 0 Å². The summed E-state index contributed by atoms with van der Waals surface area (Å²) in [4.78, 5) is 0.280. The van der Waals surface area contributed by atoms with Crippen LogP contribution in [0.3, 0.4) is 0 Å². The van der Waals surface area contributed by atoms with Gasteiger partial charge >= 0.3 is 0 Å². The Hall–Kier alpha value is -1.07. The van der Waals surface area contributed by atoms with Crippen LogP contribution in [0.1, 0.15) is 24.8 Å². The summed E-state index contributed by atoms with van der Waals surface area (Å²) in [5.41, 5.74) is 6.87. The van der Waals surface area contributed by atoms with Crippen molar-refractivity contribution in [2.45, 2.75) is 31.1 Å². The third kappa shape index (κ3) is 2.30. The molecule has 0 aromatic heterocycles. The van der Waals surface area contributed by atoms with Gasteiger partial charge in [0.05, 0.1) is 5.69 Å². The molecule has 0 unspecified atom stereocenters. The molecule has 5 heteroatoms. The van der Waals surface area contributed by atoms with Crippen molar-refractivity contribution in [3.63, 3.8) is 0 Å². The van der Waals surface area contributed by atoms with Crippen molar-refractivity contribution in [2.75, 3.05) is 18.8 Å². The molecule has 0 aliphatic carbocycles. The third-order valence-electron chi connectivity index (χ3n) is 3.16. The molecule has 17 heavy (non-hydrogen) atoms. The van der Waals surface area contributed by atoms with Crippen molar-refractivity contribution in [3.05, 3.63) is 23.8 Å². The smallest absolute Gasteiger partial charge is 0.245 e. The van der Waals surface area contributed by atoms with Gasteiger partial charge in [0.1, 0.15) is 4.90 Å². The Morgan fingerprint density at radius 1 is 1.18 bits per heavy atom. The Bertz CT molecular complexity index is 485. The van der Waals surface area contributed by atoms with Crippen molar-refractivity contribution in [3.8, 4) is 0 Å². The highest BCUT2D eigenvalue weighted by molar-refractivity contribution is 7.89. The monoisotopic (exact) mass is 254 g/mol. The number of hydrogen-bond donors (Lipinski definition) is 1. The van der Waals surface area contributed by atoms with Crippen LogP contribution in [0, 0.1) is 6.92 Å². The summed E-state index contributed by atoms with van der Waals surface area (Å²) in [5.74, 6) is 0. The minimum atomic E-state index is -3.42. The van der Waals surface area contributed by atoms with Crippen LogP contribution in [0.15, 0.2) is 23.1 Å². The molecule has 1 fully saturated rings. The van der Waals surface area contributed by atoms with Crippen molar-refractivity contribution in [1.82, 2.24) is 4.31 Å². The molecule has 0 atom stereocenters. The molecule has 0 amide bonds. The van der Waals surface area contributed by atoms with Gasteiger partial charge in [0.2, 0.25) is 10.0 Å². The second-order valence-corrected chi connectivity index (χ2v) is 6.33. The number of sulfonamides is 1. The number of nitrogen functional groups attached to an aromatic ring is 1. The topological polar surface area (TPSA) is 63.4 Å². The molecule has 1 aliphatic rings. The van der Waals surface area contributed by atoms with Crippen molar-refractivity contribution in [2.24, 2.45) is 0 Å². The molecule has 0 spiro atoms. The van der Waals surface area contributed by atoms with E-state index in [0.29, 0.717) is 18.8 Å². The van der Waals surface area contributed by atoms with E-state index in [2.05, 4.69) is 0 Å². The van der Waals surface area contributed by atoms with Gasteiger partial charge in [0, 0.05) is 13.1 Å². The maximum Gasteiger partial charge on any atom is 0.245 e. The normalized spacial score (nSPS) is 18.2. The molecule has 4 nitrogen and oxygen atoms in total. The maximum absolute atomic E-state index is 12.5. The quantitative estimate of drug-likeness (QED) is 0.818. The molecule has 1 aromatic rings. The van der Waals surface area contributed by atoms with Gasteiger partial charge in [-0.15, -0.1) is 0 Å². The summed E-state index contributed by atoms with van der Waals surface area (Å²) in [6.07, 6.45) is 2.98. The molecule has 1 heterocycles. The van der Waals surface area contributed by atoms with Crippen LogP contribution in [0.5, 0.6) is 0 Å². The lowest BCUT2D eigenvalue weighted by atomic mass is 10.2. The fourth-order valence-corrected chi connectivity index (χ4v) is 4.10. The van der Waals surface area contributed by atoms with Crippen LogP contribution in [-0.4, -0.2) is 25.8 Å². The standard InChI is InChI=1S/C12H18N2O2S/c1-10-6-5-7-11(13)12(10)17(15,16)14-8-3-2-4-9-14/h5-7H,2-4,8-9,13H2,1H3. The summed E-state index contributed by atoms with van der Waals surface area (Å²) in [6.45, 7) is 3.00. The minimum Gasteiger partial charge on any atom is -0.398 e. The van der Waals surface area contributed by atoms with E-state index in [9.17, 15) is 8.42 Å². The summed E-state index contributed by atoms with van der Waals surface area (Å²) in [5, 5.41) is 0. The van der Waals surface area contributed by atoms with Gasteiger partial charge in [-0.05, 0) is 31.4 Å². The summed E-state index contributed by atoms with van der Waals surface area (Å²) in [6, 6.07) is 5.21. The van der Waals surface area contributed by atoms with Crippen LogP contribution in [0.25, 0.3) is 0 Å². The second-order valence-electron chi connectivity index (χ2n) is 4.46. The molecule has 0 bridgehead atoms. The molecule has 1 aliphatic heterocycles. The predicted octanol–water partition coefficient (Wildman–Crippen LogP) is 1.75. The summed E-state index contributed by atoms with van der Waals surface area (Å²) >= 11 is 0. The molecular weight excluding hydrogens is 236 g/mol. The van der Waals surface area contributed by atoms with Gasteiger partial charge in [-0.3, -0.25) is 0 Å². The minimum absolute atomic E-state index is 0.280. The molecule has 0 saturated carbocycles. The highest BCUT2D eigenvalue weighted by Crippen LogP contribution is 2.27. The number of aryl methyl sites for hydroxylation is 1. The van der Waals surface area contributed by atoms with Crippen LogP contribution in [-0.2, 0) is 10.0 Å². The Labute approximate surface area is 102 Å². The molecule has 1 aromatic carbocycles. The first-order valence-corrected chi connectivity index (χ1v) is 7.33. The fraction of sp³-hybridized carbons (Fsp3) is 0.500.